The van der Waals surface area contributed by atoms with Crippen LogP contribution in [0, 0.1) is 5.92 Å². The number of nitrogens with one attached hydrogen (secondary N) is 2. The van der Waals surface area contributed by atoms with Crippen molar-refractivity contribution in [2.24, 2.45) is 11.7 Å². The smallest absolute Gasteiger partial charge is 0.322 e. The third-order valence-electron chi connectivity index (χ3n) is 4.76. The predicted octanol–water partition coefficient (Wildman–Crippen LogP) is -1.49. The van der Waals surface area contributed by atoms with E-state index in [0.29, 0.717) is 25.8 Å². The van der Waals surface area contributed by atoms with Gasteiger partial charge in [0.15, 0.2) is 0 Å². The number of rotatable bonds is 10. The molecule has 1 saturated heterocycles. The van der Waals surface area contributed by atoms with Crippen LogP contribution in [0.2, 0.25) is 0 Å². The van der Waals surface area contributed by atoms with Crippen LogP contribution >= 0.6 is 0 Å². The van der Waals surface area contributed by atoms with E-state index in [1.165, 1.54) is 4.90 Å². The molecule has 0 aromatic heterocycles. The van der Waals surface area contributed by atoms with Crippen LogP contribution in [0.1, 0.15) is 39.5 Å². The number of carboxylic acid groups (broad SMARTS) is 2. The molecule has 4 atom stereocenters. The standard InChI is InChI=1S/C17H28N4O7/c1-3-9(2)14(20-15(26)10(18)7-12(22)23)17(28)21-6-4-5-11(21)16(27)19-8-13(24)25/h9-11,14H,3-8,18H2,1-2H3,(H,19,27)(H,20,26)(H,22,23)(H,24,25). The highest BCUT2D eigenvalue weighted by Gasteiger charge is 2.39. The molecule has 1 fully saturated rings. The van der Waals surface area contributed by atoms with Crippen LogP contribution in [0.15, 0.2) is 0 Å². The van der Waals surface area contributed by atoms with Crippen LogP contribution in [-0.2, 0) is 24.0 Å². The topological polar surface area (TPSA) is 179 Å². The predicted molar refractivity (Wildman–Crippen MR) is 97.0 cm³/mol. The lowest BCUT2D eigenvalue weighted by Crippen LogP contribution is -2.57. The normalized spacial score (nSPS) is 19.4. The second-order valence-electron chi connectivity index (χ2n) is 6.88. The van der Waals surface area contributed by atoms with E-state index in [1.807, 2.05) is 6.92 Å². The van der Waals surface area contributed by atoms with E-state index < -0.39 is 60.8 Å². The Morgan fingerprint density at radius 3 is 2.36 bits per heavy atom. The number of nitrogens with two attached hydrogens (primary N) is 1. The fraction of sp³-hybridized carbons (Fsp3) is 0.706. The Morgan fingerprint density at radius 1 is 1.18 bits per heavy atom. The summed E-state index contributed by atoms with van der Waals surface area (Å²) in [6, 6.07) is -3.08. The molecule has 6 N–H and O–H groups in total. The molecule has 11 heteroatoms. The first-order valence-electron chi connectivity index (χ1n) is 9.16. The number of aliphatic carboxylic acids is 2. The summed E-state index contributed by atoms with van der Waals surface area (Å²) in [7, 11) is 0. The van der Waals surface area contributed by atoms with Crippen molar-refractivity contribution in [3.8, 4) is 0 Å². The maximum absolute atomic E-state index is 13.0. The van der Waals surface area contributed by atoms with Gasteiger partial charge in [0.2, 0.25) is 17.7 Å². The Balaban J connectivity index is 2.90. The summed E-state index contributed by atoms with van der Waals surface area (Å²) in [6.07, 6.45) is 0.930. The Kier molecular flexibility index (Phi) is 8.83. The molecule has 0 aliphatic carbocycles. The highest BCUT2D eigenvalue weighted by atomic mass is 16.4. The van der Waals surface area contributed by atoms with Gasteiger partial charge in [-0.15, -0.1) is 0 Å². The van der Waals surface area contributed by atoms with E-state index >= 15 is 0 Å². The lowest BCUT2D eigenvalue weighted by molar-refractivity contribution is -0.144. The molecule has 11 nitrogen and oxygen atoms in total. The molecule has 3 amide bonds. The largest absolute Gasteiger partial charge is 0.481 e. The van der Waals surface area contributed by atoms with Gasteiger partial charge in [0, 0.05) is 6.54 Å². The minimum absolute atomic E-state index is 0.281. The second kappa shape index (κ2) is 10.6. The minimum Gasteiger partial charge on any atom is -0.481 e. The highest BCUT2D eigenvalue weighted by Crippen LogP contribution is 2.21. The average molecular weight is 400 g/mol. The summed E-state index contributed by atoms with van der Waals surface area (Å²) in [5, 5.41) is 22.2. The second-order valence-corrected chi connectivity index (χ2v) is 6.88. The summed E-state index contributed by atoms with van der Waals surface area (Å²) in [5.41, 5.74) is 5.57. The molecule has 158 valence electrons. The third-order valence-corrected chi connectivity index (χ3v) is 4.76. The molecule has 1 aliphatic rings. The Bertz CT molecular complexity index is 625. The molecule has 0 saturated carbocycles. The molecular formula is C17H28N4O7. The van der Waals surface area contributed by atoms with Crippen molar-refractivity contribution >= 4 is 29.7 Å². The van der Waals surface area contributed by atoms with E-state index in [-0.39, 0.29) is 5.92 Å². The molecule has 1 aliphatic heterocycles. The van der Waals surface area contributed by atoms with Gasteiger partial charge in [0.1, 0.15) is 18.6 Å². The van der Waals surface area contributed by atoms with Gasteiger partial charge < -0.3 is 31.5 Å². The molecule has 0 radical (unpaired) electrons. The molecule has 0 bridgehead atoms. The van der Waals surface area contributed by atoms with Crippen LogP contribution in [0.25, 0.3) is 0 Å². The summed E-state index contributed by atoms with van der Waals surface area (Å²) < 4.78 is 0. The van der Waals surface area contributed by atoms with E-state index in [2.05, 4.69) is 10.6 Å². The van der Waals surface area contributed by atoms with E-state index in [1.54, 1.807) is 6.92 Å². The molecule has 0 aromatic rings. The van der Waals surface area contributed by atoms with Crippen molar-refractivity contribution in [3.63, 3.8) is 0 Å². The fourth-order valence-electron chi connectivity index (χ4n) is 2.99. The number of hydrogen-bond acceptors (Lipinski definition) is 6. The molecular weight excluding hydrogens is 372 g/mol. The summed E-state index contributed by atoms with van der Waals surface area (Å²) in [4.78, 5) is 60.2. The number of hydrogen-bond donors (Lipinski definition) is 5. The van der Waals surface area contributed by atoms with Gasteiger partial charge >= 0.3 is 11.9 Å². The zero-order valence-corrected chi connectivity index (χ0v) is 16.0. The maximum atomic E-state index is 13.0. The lowest BCUT2D eigenvalue weighted by Gasteiger charge is -2.31. The Morgan fingerprint density at radius 2 is 1.82 bits per heavy atom. The highest BCUT2D eigenvalue weighted by molar-refractivity contribution is 5.94. The quantitative estimate of drug-likeness (QED) is 0.294. The van der Waals surface area contributed by atoms with Crippen LogP contribution < -0.4 is 16.4 Å². The van der Waals surface area contributed by atoms with Gasteiger partial charge in [0.25, 0.3) is 0 Å². The lowest BCUT2D eigenvalue weighted by atomic mass is 9.96. The fourth-order valence-corrected chi connectivity index (χ4v) is 2.99. The molecule has 1 rings (SSSR count). The molecule has 28 heavy (non-hydrogen) atoms. The van der Waals surface area contributed by atoms with Crippen LogP contribution in [0.4, 0.5) is 0 Å². The van der Waals surface area contributed by atoms with Crippen molar-refractivity contribution in [2.45, 2.75) is 57.7 Å². The summed E-state index contributed by atoms with van der Waals surface area (Å²) in [6.45, 7) is 3.33. The van der Waals surface area contributed by atoms with Gasteiger partial charge in [-0.2, -0.15) is 0 Å². The van der Waals surface area contributed by atoms with Gasteiger partial charge in [0.05, 0.1) is 12.5 Å². The molecule has 0 aromatic carbocycles. The van der Waals surface area contributed by atoms with Gasteiger partial charge in [-0.05, 0) is 18.8 Å². The molecule has 1 heterocycles. The summed E-state index contributed by atoms with van der Waals surface area (Å²) in [5.74, 6) is -4.50. The average Bonchev–Trinajstić information content (AvgIpc) is 3.11. The van der Waals surface area contributed by atoms with E-state index in [9.17, 15) is 24.0 Å². The van der Waals surface area contributed by atoms with Crippen LogP contribution in [0.5, 0.6) is 0 Å². The monoisotopic (exact) mass is 400 g/mol. The number of nitrogens with zero attached hydrogens (tertiary/aromatic N) is 1. The minimum atomic E-state index is -1.30. The number of carbonyl (C=O) groups is 5. The summed E-state index contributed by atoms with van der Waals surface area (Å²) >= 11 is 0. The number of carbonyl (C=O) groups excluding carboxylic acids is 3. The first-order valence-corrected chi connectivity index (χ1v) is 9.16. The SMILES string of the molecule is CCC(C)C(NC(=O)C(N)CC(=O)O)C(=O)N1CCCC1C(=O)NCC(=O)O. The van der Waals surface area contributed by atoms with Crippen molar-refractivity contribution in [3.05, 3.63) is 0 Å². The van der Waals surface area contributed by atoms with Gasteiger partial charge in [-0.3, -0.25) is 24.0 Å². The Hall–Kier alpha value is -2.69. The van der Waals surface area contributed by atoms with Crippen molar-refractivity contribution in [1.82, 2.24) is 15.5 Å². The molecule has 0 spiro atoms. The van der Waals surface area contributed by atoms with Crippen LogP contribution in [0.3, 0.4) is 0 Å². The zero-order valence-electron chi connectivity index (χ0n) is 16.0. The Labute approximate surface area is 162 Å². The zero-order chi connectivity index (χ0) is 21.4. The molecule has 4 unspecified atom stereocenters. The van der Waals surface area contributed by atoms with Gasteiger partial charge in [-0.1, -0.05) is 20.3 Å². The van der Waals surface area contributed by atoms with Crippen molar-refractivity contribution in [2.75, 3.05) is 13.1 Å². The van der Waals surface area contributed by atoms with Crippen LogP contribution in [-0.4, -0.2) is 76.0 Å². The number of carboxylic acids is 2. The first-order chi connectivity index (χ1) is 13.1. The first kappa shape index (κ1) is 23.3. The third kappa shape index (κ3) is 6.48. The number of likely N-dealkylation sites (tertiary alicyclic amines) is 1. The van der Waals surface area contributed by atoms with Crippen molar-refractivity contribution in [1.29, 1.82) is 0 Å². The van der Waals surface area contributed by atoms with E-state index in [0.717, 1.165) is 0 Å². The number of amides is 3. The van der Waals surface area contributed by atoms with Crippen molar-refractivity contribution < 1.29 is 34.2 Å². The van der Waals surface area contributed by atoms with Gasteiger partial charge in [-0.25, -0.2) is 0 Å². The maximum Gasteiger partial charge on any atom is 0.322 e. The van der Waals surface area contributed by atoms with E-state index in [4.69, 9.17) is 15.9 Å².